The van der Waals surface area contributed by atoms with Crippen LogP contribution in [0.5, 0.6) is 0 Å². The number of benzene rings is 2. The quantitative estimate of drug-likeness (QED) is 0.686. The largest absolute Gasteiger partial charge is 0.351 e. The van der Waals surface area contributed by atoms with Crippen LogP contribution in [0.25, 0.3) is 0 Å². The van der Waals surface area contributed by atoms with Crippen LogP contribution in [-0.2, 0) is 5.41 Å². The van der Waals surface area contributed by atoms with Crippen molar-refractivity contribution in [3.05, 3.63) is 70.2 Å². The molecule has 4 aliphatic carbocycles. The fourth-order valence-corrected chi connectivity index (χ4v) is 7.00. The van der Waals surface area contributed by atoms with Gasteiger partial charge in [0.25, 0.3) is 5.91 Å². The number of nitrogens with one attached hydrogen (secondary N) is 1. The summed E-state index contributed by atoms with van der Waals surface area (Å²) in [5.41, 5.74) is 4.14. The van der Waals surface area contributed by atoms with Gasteiger partial charge in [0.15, 0.2) is 0 Å². The highest BCUT2D eigenvalue weighted by atomic mass is 35.5. The summed E-state index contributed by atoms with van der Waals surface area (Å²) in [6.45, 7) is 2.96. The van der Waals surface area contributed by atoms with Crippen LogP contribution >= 0.6 is 11.6 Å². The predicted octanol–water partition coefficient (Wildman–Crippen LogP) is 5.92. The second kappa shape index (κ2) is 6.62. The Balaban J connectivity index is 1.37. The Morgan fingerprint density at radius 3 is 2.29 bits per heavy atom. The molecule has 4 aliphatic rings. The molecule has 0 spiro atoms. The molecule has 0 aromatic heterocycles. The van der Waals surface area contributed by atoms with E-state index in [0.29, 0.717) is 16.0 Å². The summed E-state index contributed by atoms with van der Waals surface area (Å²) in [7, 11) is 0. The number of hydrogen-bond donors (Lipinski definition) is 1. The molecule has 0 saturated heterocycles. The molecule has 0 heterocycles. The molecule has 2 atom stereocenters. The zero-order valence-electron chi connectivity index (χ0n) is 16.5. The summed E-state index contributed by atoms with van der Waals surface area (Å²) < 4.78 is 0. The average molecular weight is 394 g/mol. The molecule has 4 bridgehead atoms. The van der Waals surface area contributed by atoms with Gasteiger partial charge in [-0.2, -0.15) is 0 Å². The molecule has 2 aromatic carbocycles. The maximum absolute atomic E-state index is 12.7. The minimum Gasteiger partial charge on any atom is -0.351 e. The van der Waals surface area contributed by atoms with Crippen LogP contribution in [0.15, 0.2) is 48.5 Å². The molecule has 28 heavy (non-hydrogen) atoms. The summed E-state index contributed by atoms with van der Waals surface area (Å²) in [5.74, 6) is 1.65. The molecule has 6 rings (SSSR count). The number of carbonyl (C=O) groups is 1. The van der Waals surface area contributed by atoms with E-state index >= 15 is 0 Å². The van der Waals surface area contributed by atoms with Crippen molar-refractivity contribution in [3.8, 4) is 0 Å². The maximum Gasteiger partial charge on any atom is 0.251 e. The lowest BCUT2D eigenvalue weighted by Gasteiger charge is -2.62. The predicted molar refractivity (Wildman–Crippen MR) is 114 cm³/mol. The van der Waals surface area contributed by atoms with Crippen molar-refractivity contribution in [3.63, 3.8) is 0 Å². The van der Waals surface area contributed by atoms with E-state index in [1.165, 1.54) is 49.7 Å². The molecule has 4 saturated carbocycles. The summed E-state index contributed by atoms with van der Waals surface area (Å²) in [4.78, 5) is 12.7. The van der Waals surface area contributed by atoms with E-state index < -0.39 is 0 Å². The number of halogens is 1. The van der Waals surface area contributed by atoms with Crippen molar-refractivity contribution >= 4 is 17.5 Å². The van der Waals surface area contributed by atoms with E-state index in [-0.39, 0.29) is 11.3 Å². The van der Waals surface area contributed by atoms with Crippen LogP contribution in [-0.4, -0.2) is 12.5 Å². The third-order valence-electron chi connectivity index (χ3n) is 7.58. The molecule has 146 valence electrons. The lowest BCUT2D eigenvalue weighted by Crippen LogP contribution is -2.57. The van der Waals surface area contributed by atoms with Crippen LogP contribution in [0.4, 0.5) is 0 Å². The summed E-state index contributed by atoms with van der Waals surface area (Å²) >= 11 is 5.96. The zero-order chi connectivity index (χ0) is 19.4. The van der Waals surface area contributed by atoms with Gasteiger partial charge in [-0.05, 0) is 97.9 Å². The molecule has 2 nitrogen and oxygen atoms in total. The summed E-state index contributed by atoms with van der Waals surface area (Å²) in [6.07, 6.45) is 7.83. The van der Waals surface area contributed by atoms with E-state index in [0.717, 1.165) is 18.4 Å². The number of amides is 1. The smallest absolute Gasteiger partial charge is 0.251 e. The maximum atomic E-state index is 12.7. The summed E-state index contributed by atoms with van der Waals surface area (Å²) in [6, 6.07) is 16.5. The monoisotopic (exact) mass is 393 g/mol. The van der Waals surface area contributed by atoms with Gasteiger partial charge in [-0.1, -0.05) is 41.4 Å². The van der Waals surface area contributed by atoms with Gasteiger partial charge >= 0.3 is 0 Å². The van der Waals surface area contributed by atoms with Crippen LogP contribution in [0.1, 0.15) is 60.0 Å². The van der Waals surface area contributed by atoms with Gasteiger partial charge in [0, 0.05) is 17.1 Å². The molecule has 2 aromatic rings. The number of aryl methyl sites for hydroxylation is 1. The molecular formula is C25H28ClNO. The van der Waals surface area contributed by atoms with Crippen LogP contribution in [0.3, 0.4) is 0 Å². The molecule has 0 unspecified atom stereocenters. The lowest BCUT2D eigenvalue weighted by atomic mass is 9.43. The molecule has 0 radical (unpaired) electrons. The standard InChI is InChI=1S/C25H28ClNO/c1-17-2-6-21(7-3-17)25-13-18-10-19(14-25)12-24(11-18,15-25)16-27-23(28)20-4-8-22(26)9-5-20/h2-9,18-19H,10-16H2,1H3,(H,27,28)/t18-,19-,24?,25?/m0/s1. The molecule has 4 fully saturated rings. The average Bonchev–Trinajstić information content (AvgIpc) is 2.66. The normalized spacial score (nSPS) is 33.1. The molecule has 0 aliphatic heterocycles. The fourth-order valence-electron chi connectivity index (χ4n) is 6.87. The topological polar surface area (TPSA) is 29.1 Å². The van der Waals surface area contributed by atoms with Crippen LogP contribution in [0, 0.1) is 24.2 Å². The minimum atomic E-state index is 0.0248. The second-order valence-electron chi connectivity index (χ2n) is 9.80. The van der Waals surface area contributed by atoms with Crippen LogP contribution < -0.4 is 5.32 Å². The third kappa shape index (κ3) is 3.16. The van der Waals surface area contributed by atoms with Gasteiger partial charge in [-0.15, -0.1) is 0 Å². The van der Waals surface area contributed by atoms with Crippen molar-refractivity contribution < 1.29 is 4.79 Å². The highest BCUT2D eigenvalue weighted by Crippen LogP contribution is 2.65. The molecule has 1 N–H and O–H groups in total. The SMILES string of the molecule is Cc1ccc(C23C[C@H]4C[C@@H](CC(CNC(=O)c5ccc(Cl)cc5)(C4)C2)C3)cc1. The highest BCUT2D eigenvalue weighted by molar-refractivity contribution is 6.30. The Labute approximate surface area is 172 Å². The Bertz CT molecular complexity index is 872. The fraction of sp³-hybridized carbons (Fsp3) is 0.480. The molecule has 3 heteroatoms. The first-order chi connectivity index (χ1) is 13.5. The Morgan fingerprint density at radius 2 is 1.64 bits per heavy atom. The number of carbonyl (C=O) groups excluding carboxylic acids is 1. The van der Waals surface area contributed by atoms with E-state index in [4.69, 9.17) is 11.6 Å². The number of hydrogen-bond acceptors (Lipinski definition) is 1. The summed E-state index contributed by atoms with van der Waals surface area (Å²) in [5, 5.41) is 3.94. The van der Waals surface area contributed by atoms with Crippen molar-refractivity contribution in [1.82, 2.24) is 5.32 Å². The van der Waals surface area contributed by atoms with Gasteiger partial charge in [0.2, 0.25) is 0 Å². The van der Waals surface area contributed by atoms with E-state index in [2.05, 4.69) is 36.5 Å². The first kappa shape index (κ1) is 18.2. The Kier molecular flexibility index (Phi) is 4.32. The number of rotatable bonds is 4. The van der Waals surface area contributed by atoms with Crippen molar-refractivity contribution in [1.29, 1.82) is 0 Å². The highest BCUT2D eigenvalue weighted by Gasteiger charge is 2.57. The van der Waals surface area contributed by atoms with Gasteiger partial charge in [-0.25, -0.2) is 0 Å². The third-order valence-corrected chi connectivity index (χ3v) is 7.83. The van der Waals surface area contributed by atoms with E-state index in [1.807, 2.05) is 12.1 Å². The van der Waals surface area contributed by atoms with Gasteiger partial charge in [0.05, 0.1) is 0 Å². The lowest BCUT2D eigenvalue weighted by molar-refractivity contribution is -0.0697. The second-order valence-corrected chi connectivity index (χ2v) is 10.2. The first-order valence-corrected chi connectivity index (χ1v) is 10.9. The van der Waals surface area contributed by atoms with Gasteiger partial charge in [-0.3, -0.25) is 4.79 Å². The molecular weight excluding hydrogens is 366 g/mol. The van der Waals surface area contributed by atoms with Gasteiger partial charge < -0.3 is 5.32 Å². The van der Waals surface area contributed by atoms with Gasteiger partial charge in [0.1, 0.15) is 0 Å². The zero-order valence-corrected chi connectivity index (χ0v) is 17.3. The minimum absolute atomic E-state index is 0.0248. The van der Waals surface area contributed by atoms with Crippen molar-refractivity contribution in [2.45, 2.75) is 50.9 Å². The first-order valence-electron chi connectivity index (χ1n) is 10.6. The molecule has 1 amide bonds. The van der Waals surface area contributed by atoms with Crippen LogP contribution in [0.2, 0.25) is 5.02 Å². The van der Waals surface area contributed by atoms with E-state index in [1.54, 1.807) is 12.1 Å². The van der Waals surface area contributed by atoms with E-state index in [9.17, 15) is 4.79 Å². The Morgan fingerprint density at radius 1 is 1.00 bits per heavy atom. The Hall–Kier alpha value is -1.80. The van der Waals surface area contributed by atoms with Crippen molar-refractivity contribution in [2.75, 3.05) is 6.54 Å². The van der Waals surface area contributed by atoms with Crippen molar-refractivity contribution in [2.24, 2.45) is 17.3 Å².